The van der Waals surface area contributed by atoms with Gasteiger partial charge in [0.1, 0.15) is 15.6 Å². The molecule has 2 heterocycles. The monoisotopic (exact) mass is 302 g/mol. The van der Waals surface area contributed by atoms with E-state index in [1.54, 1.807) is 6.92 Å². The highest BCUT2D eigenvalue weighted by Gasteiger charge is 2.27. The molecule has 0 aliphatic rings. The lowest BCUT2D eigenvalue weighted by atomic mass is 10.3. The van der Waals surface area contributed by atoms with E-state index in [1.807, 2.05) is 0 Å². The third-order valence-corrected chi connectivity index (χ3v) is 4.93. The van der Waals surface area contributed by atoms with Crippen molar-refractivity contribution in [1.29, 1.82) is 0 Å². The minimum absolute atomic E-state index is 0.126. The number of rotatable bonds is 4. The molecule has 8 nitrogen and oxygen atoms in total. The molecule has 0 amide bonds. The van der Waals surface area contributed by atoms with Crippen molar-refractivity contribution in [3.63, 3.8) is 0 Å². The van der Waals surface area contributed by atoms with Gasteiger partial charge in [-0.1, -0.05) is 0 Å². The van der Waals surface area contributed by atoms with E-state index >= 15 is 0 Å². The van der Waals surface area contributed by atoms with E-state index in [9.17, 15) is 13.2 Å². The highest BCUT2D eigenvalue weighted by atomic mass is 32.2. The van der Waals surface area contributed by atoms with Crippen LogP contribution in [0.1, 0.15) is 21.1 Å². The largest absolute Gasteiger partial charge is 0.477 e. The predicted molar refractivity (Wildman–Crippen MR) is 67.9 cm³/mol. The molecule has 0 atom stereocenters. The zero-order chi connectivity index (χ0) is 14.2. The van der Waals surface area contributed by atoms with Crippen LogP contribution in [0.4, 0.5) is 5.95 Å². The fraction of sp³-hybridized carbons (Fsp3) is 0.222. The van der Waals surface area contributed by atoms with Crippen LogP contribution in [0.5, 0.6) is 0 Å². The van der Waals surface area contributed by atoms with Crippen molar-refractivity contribution in [1.82, 2.24) is 15.2 Å². The Morgan fingerprint density at radius 2 is 2.16 bits per heavy atom. The normalized spacial score (nSPS) is 11.5. The highest BCUT2D eigenvalue weighted by molar-refractivity contribution is 7.93. The number of thiophene rings is 1. The lowest BCUT2D eigenvalue weighted by Gasteiger charge is -2.05. The number of nitrogens with zero attached hydrogens (tertiary/aromatic N) is 2. The molecule has 0 fully saturated rings. The van der Waals surface area contributed by atoms with Crippen LogP contribution < -0.4 is 4.72 Å². The lowest BCUT2D eigenvalue weighted by molar-refractivity contribution is 0.0698. The Kier molecular flexibility index (Phi) is 3.28. The van der Waals surface area contributed by atoms with Crippen molar-refractivity contribution in [2.24, 2.45) is 0 Å². The number of aromatic amines is 1. The molecule has 2 rings (SSSR count). The summed E-state index contributed by atoms with van der Waals surface area (Å²) in [6, 6.07) is 0. The maximum atomic E-state index is 12.2. The third-order valence-electron chi connectivity index (χ3n) is 2.20. The second-order valence-corrected chi connectivity index (χ2v) is 6.23. The van der Waals surface area contributed by atoms with Gasteiger partial charge < -0.3 is 5.11 Å². The lowest BCUT2D eigenvalue weighted by Crippen LogP contribution is -2.17. The Morgan fingerprint density at radius 3 is 2.68 bits per heavy atom. The summed E-state index contributed by atoms with van der Waals surface area (Å²) in [5.74, 6) is -0.970. The average Bonchev–Trinajstić information content (AvgIpc) is 2.84. The van der Waals surface area contributed by atoms with E-state index in [0.29, 0.717) is 11.4 Å². The summed E-state index contributed by atoms with van der Waals surface area (Å²) in [5, 5.41) is 16.6. The van der Waals surface area contributed by atoms with Gasteiger partial charge >= 0.3 is 5.97 Å². The van der Waals surface area contributed by atoms with Crippen LogP contribution in [0.25, 0.3) is 0 Å². The summed E-state index contributed by atoms with van der Waals surface area (Å²) in [6.07, 6.45) is 0. The van der Waals surface area contributed by atoms with E-state index in [-0.39, 0.29) is 15.7 Å². The first-order chi connectivity index (χ1) is 8.81. The van der Waals surface area contributed by atoms with Crippen molar-refractivity contribution >= 4 is 33.3 Å². The van der Waals surface area contributed by atoms with Crippen molar-refractivity contribution in [3.8, 4) is 0 Å². The second kappa shape index (κ2) is 4.63. The van der Waals surface area contributed by atoms with Crippen LogP contribution >= 0.6 is 11.3 Å². The number of aromatic carboxylic acids is 1. The summed E-state index contributed by atoms with van der Waals surface area (Å²) < 4.78 is 26.5. The Labute approximate surface area is 112 Å². The molecular weight excluding hydrogens is 292 g/mol. The van der Waals surface area contributed by atoms with E-state index in [1.165, 1.54) is 12.3 Å². The summed E-state index contributed by atoms with van der Waals surface area (Å²) in [5.41, 5.74) is 0.363. The van der Waals surface area contributed by atoms with Gasteiger partial charge in [0.2, 0.25) is 0 Å². The van der Waals surface area contributed by atoms with E-state index in [0.717, 1.165) is 11.3 Å². The maximum absolute atomic E-state index is 12.2. The smallest absolute Gasteiger partial charge is 0.347 e. The van der Waals surface area contributed by atoms with Crippen LogP contribution in [0.3, 0.4) is 0 Å². The maximum Gasteiger partial charge on any atom is 0.347 e. The van der Waals surface area contributed by atoms with E-state index < -0.39 is 16.0 Å². The zero-order valence-electron chi connectivity index (χ0n) is 9.96. The van der Waals surface area contributed by atoms with Crippen molar-refractivity contribution in [2.45, 2.75) is 18.7 Å². The number of hydrogen-bond acceptors (Lipinski definition) is 6. The number of carbonyl (C=O) groups is 1. The second-order valence-electron chi connectivity index (χ2n) is 3.73. The molecule has 0 bridgehead atoms. The number of aryl methyl sites for hydroxylation is 2. The van der Waals surface area contributed by atoms with Crippen molar-refractivity contribution in [3.05, 3.63) is 21.6 Å². The molecule has 0 saturated carbocycles. The Morgan fingerprint density at radius 1 is 1.47 bits per heavy atom. The molecular formula is C9H10N4O4S2. The molecule has 102 valence electrons. The molecule has 10 heteroatoms. The average molecular weight is 302 g/mol. The number of carboxylic acid groups (broad SMARTS) is 1. The van der Waals surface area contributed by atoms with E-state index in [4.69, 9.17) is 5.11 Å². The topological polar surface area (TPSA) is 125 Å². The molecule has 0 aromatic carbocycles. The predicted octanol–water partition coefficient (Wildman–Crippen LogP) is 0.982. The summed E-state index contributed by atoms with van der Waals surface area (Å²) in [4.78, 5) is 14.3. The molecule has 0 saturated heterocycles. The highest BCUT2D eigenvalue weighted by Crippen LogP contribution is 2.27. The number of carboxylic acids is 1. The zero-order valence-corrected chi connectivity index (χ0v) is 11.6. The van der Waals surface area contributed by atoms with Gasteiger partial charge in [0.05, 0.1) is 0 Å². The fourth-order valence-corrected chi connectivity index (χ4v) is 4.05. The van der Waals surface area contributed by atoms with Crippen LogP contribution in [0.2, 0.25) is 0 Å². The van der Waals surface area contributed by atoms with Crippen molar-refractivity contribution < 1.29 is 18.3 Å². The molecule has 2 aromatic rings. The van der Waals surface area contributed by atoms with Crippen LogP contribution in [-0.4, -0.2) is 34.7 Å². The number of H-pyrrole nitrogens is 1. The number of sulfonamides is 1. The molecule has 0 radical (unpaired) electrons. The van der Waals surface area contributed by atoms with Gasteiger partial charge in [-0.05, 0) is 24.8 Å². The molecule has 19 heavy (non-hydrogen) atoms. The SMILES string of the molecule is Cc1nc(NS(=O)(=O)c2c(C)csc2C(=O)O)n[nH]1. The fourth-order valence-electron chi connectivity index (χ4n) is 1.47. The third kappa shape index (κ3) is 2.58. The number of nitrogens with one attached hydrogen (secondary N) is 2. The first-order valence-corrected chi connectivity index (χ1v) is 7.41. The van der Waals surface area contributed by atoms with Gasteiger partial charge in [0.15, 0.2) is 0 Å². The quantitative estimate of drug-likeness (QED) is 0.773. The Hall–Kier alpha value is -1.94. The molecule has 0 unspecified atom stereocenters. The Balaban J connectivity index is 2.45. The van der Waals surface area contributed by atoms with Crippen LogP contribution in [-0.2, 0) is 10.0 Å². The minimum Gasteiger partial charge on any atom is -0.477 e. The number of anilines is 1. The van der Waals surface area contributed by atoms with Gasteiger partial charge in [0, 0.05) is 0 Å². The molecule has 0 spiro atoms. The van der Waals surface area contributed by atoms with Gasteiger partial charge in [0.25, 0.3) is 16.0 Å². The van der Waals surface area contributed by atoms with Gasteiger partial charge in [-0.3, -0.25) is 5.10 Å². The Bertz CT molecular complexity index is 731. The summed E-state index contributed by atoms with van der Waals surface area (Å²) in [6.45, 7) is 3.14. The molecule has 0 aliphatic carbocycles. The van der Waals surface area contributed by atoms with Crippen molar-refractivity contribution in [2.75, 3.05) is 4.72 Å². The van der Waals surface area contributed by atoms with Crippen LogP contribution in [0.15, 0.2) is 10.3 Å². The first kappa shape index (κ1) is 13.5. The summed E-state index contributed by atoms with van der Waals surface area (Å²) >= 11 is 0.860. The van der Waals surface area contributed by atoms with Gasteiger partial charge in [-0.15, -0.1) is 16.4 Å². The van der Waals surface area contributed by atoms with Gasteiger partial charge in [-0.25, -0.2) is 17.9 Å². The molecule has 3 N–H and O–H groups in total. The summed E-state index contributed by atoms with van der Waals surface area (Å²) in [7, 11) is -4.03. The minimum atomic E-state index is -4.03. The van der Waals surface area contributed by atoms with Gasteiger partial charge in [-0.2, -0.15) is 4.98 Å². The van der Waals surface area contributed by atoms with Crippen LogP contribution in [0, 0.1) is 13.8 Å². The number of aromatic nitrogens is 3. The standard InChI is InChI=1S/C9H10N4O4S2/c1-4-3-18-6(8(14)15)7(4)19(16,17)13-9-10-5(2)11-12-9/h3H,1-2H3,(H,14,15)(H2,10,11,12,13). The first-order valence-electron chi connectivity index (χ1n) is 5.04. The molecule has 0 aliphatic heterocycles. The van der Waals surface area contributed by atoms with E-state index in [2.05, 4.69) is 19.9 Å². The number of hydrogen-bond donors (Lipinski definition) is 3. The molecule has 2 aromatic heterocycles.